The smallest absolute Gasteiger partial charge is 0.220 e. The molecule has 1 unspecified atom stereocenters. The first-order chi connectivity index (χ1) is 12.2. The van der Waals surface area contributed by atoms with Crippen LogP contribution in [0.15, 0.2) is 42.7 Å². The third kappa shape index (κ3) is 5.16. The molecule has 0 saturated carbocycles. The van der Waals surface area contributed by atoms with Crippen LogP contribution >= 0.6 is 0 Å². The zero-order valence-electron chi connectivity index (χ0n) is 15.0. The molecule has 0 aliphatic carbocycles. The van der Waals surface area contributed by atoms with Crippen LogP contribution in [0.2, 0.25) is 0 Å². The van der Waals surface area contributed by atoms with Gasteiger partial charge in [0, 0.05) is 31.4 Å². The summed E-state index contributed by atoms with van der Waals surface area (Å²) in [7, 11) is 2.15. The van der Waals surface area contributed by atoms with E-state index in [2.05, 4.69) is 51.1 Å². The van der Waals surface area contributed by atoms with E-state index in [0.29, 0.717) is 19.0 Å². The van der Waals surface area contributed by atoms with E-state index in [1.807, 2.05) is 12.3 Å². The normalized spacial score (nSPS) is 17.7. The number of imidazole rings is 1. The number of rotatable bonds is 8. The van der Waals surface area contributed by atoms with Crippen LogP contribution in [0.4, 0.5) is 0 Å². The molecule has 2 heterocycles. The quantitative estimate of drug-likeness (QED) is 0.804. The first-order valence-corrected chi connectivity index (χ1v) is 9.23. The van der Waals surface area contributed by atoms with E-state index in [1.165, 1.54) is 18.4 Å². The number of hydrogen-bond donors (Lipinski definition) is 1. The van der Waals surface area contributed by atoms with E-state index in [0.717, 1.165) is 31.8 Å². The minimum Gasteiger partial charge on any atom is -0.349 e. The number of aromatic nitrogens is 2. The van der Waals surface area contributed by atoms with Gasteiger partial charge in [0.15, 0.2) is 0 Å². The van der Waals surface area contributed by atoms with Crippen molar-refractivity contribution in [3.05, 3.63) is 54.1 Å². The molecule has 1 aliphatic rings. The molecule has 25 heavy (non-hydrogen) atoms. The minimum absolute atomic E-state index is 0.123. The summed E-state index contributed by atoms with van der Waals surface area (Å²) in [5, 5.41) is 3.02. The Balaban J connectivity index is 1.42. The number of amides is 1. The second-order valence-electron chi connectivity index (χ2n) is 6.86. The fourth-order valence-corrected chi connectivity index (χ4v) is 3.51. The maximum atomic E-state index is 12.1. The first kappa shape index (κ1) is 17.7. The highest BCUT2D eigenvalue weighted by atomic mass is 16.1. The zero-order chi connectivity index (χ0) is 17.5. The van der Waals surface area contributed by atoms with Gasteiger partial charge in [0.25, 0.3) is 0 Å². The van der Waals surface area contributed by atoms with Gasteiger partial charge in [-0.3, -0.25) is 4.79 Å². The topological polar surface area (TPSA) is 50.2 Å². The predicted molar refractivity (Wildman–Crippen MR) is 99.1 cm³/mol. The fraction of sp³-hybridized carbons (Fsp3) is 0.500. The monoisotopic (exact) mass is 340 g/mol. The van der Waals surface area contributed by atoms with Crippen molar-refractivity contribution >= 4 is 5.91 Å². The molecule has 134 valence electrons. The molecule has 5 nitrogen and oxygen atoms in total. The van der Waals surface area contributed by atoms with E-state index < -0.39 is 0 Å². The molecule has 5 heteroatoms. The van der Waals surface area contributed by atoms with Crippen molar-refractivity contribution in [3.8, 4) is 0 Å². The zero-order valence-corrected chi connectivity index (χ0v) is 15.0. The van der Waals surface area contributed by atoms with Crippen molar-refractivity contribution < 1.29 is 4.79 Å². The lowest BCUT2D eigenvalue weighted by atomic mass is 10.1. The second kappa shape index (κ2) is 8.81. The molecule has 1 N–H and O–H groups in total. The maximum Gasteiger partial charge on any atom is 0.220 e. The Kier molecular flexibility index (Phi) is 6.23. The van der Waals surface area contributed by atoms with E-state index in [1.54, 1.807) is 6.20 Å². The van der Waals surface area contributed by atoms with Crippen molar-refractivity contribution in [2.75, 3.05) is 13.6 Å². The van der Waals surface area contributed by atoms with Crippen LogP contribution in [0.1, 0.15) is 37.1 Å². The number of likely N-dealkylation sites (tertiary alicyclic amines) is 1. The number of benzene rings is 1. The fourth-order valence-electron chi connectivity index (χ4n) is 3.51. The lowest BCUT2D eigenvalue weighted by Crippen LogP contribution is -2.29. The van der Waals surface area contributed by atoms with Gasteiger partial charge in [-0.25, -0.2) is 4.98 Å². The van der Waals surface area contributed by atoms with Crippen LogP contribution in [0.25, 0.3) is 0 Å². The Labute approximate surface area is 150 Å². The molecular weight excluding hydrogens is 312 g/mol. The van der Waals surface area contributed by atoms with Gasteiger partial charge in [0.1, 0.15) is 5.82 Å². The second-order valence-corrected chi connectivity index (χ2v) is 6.86. The van der Waals surface area contributed by atoms with Crippen molar-refractivity contribution in [1.29, 1.82) is 0 Å². The minimum atomic E-state index is 0.123. The molecule has 1 amide bonds. The third-order valence-electron chi connectivity index (χ3n) is 5.11. The molecule has 0 spiro atoms. The highest BCUT2D eigenvalue weighted by Gasteiger charge is 2.21. The van der Waals surface area contributed by atoms with Crippen molar-refractivity contribution in [1.82, 2.24) is 19.8 Å². The summed E-state index contributed by atoms with van der Waals surface area (Å²) in [5.74, 6) is 1.04. The van der Waals surface area contributed by atoms with Crippen LogP contribution < -0.4 is 5.32 Å². The molecule has 0 radical (unpaired) electrons. The van der Waals surface area contributed by atoms with Crippen LogP contribution in [-0.2, 0) is 24.3 Å². The Morgan fingerprint density at radius 1 is 1.32 bits per heavy atom. The van der Waals surface area contributed by atoms with E-state index in [4.69, 9.17) is 0 Å². The van der Waals surface area contributed by atoms with Crippen molar-refractivity contribution in [3.63, 3.8) is 0 Å². The molecule has 1 aromatic carbocycles. The van der Waals surface area contributed by atoms with E-state index >= 15 is 0 Å². The summed E-state index contributed by atoms with van der Waals surface area (Å²) in [6, 6.07) is 11.0. The van der Waals surface area contributed by atoms with E-state index in [-0.39, 0.29) is 5.91 Å². The number of nitrogens with one attached hydrogen (secondary N) is 1. The van der Waals surface area contributed by atoms with Gasteiger partial charge in [-0.05, 0) is 44.8 Å². The average molecular weight is 340 g/mol. The summed E-state index contributed by atoms with van der Waals surface area (Å²) in [4.78, 5) is 18.9. The standard InChI is InChI=1S/C20H28N4O/c1-23-13-5-8-18(23)9-10-20(25)22-16-19-21-12-15-24(19)14-11-17-6-3-2-4-7-17/h2-4,6-7,12,15,18H,5,8-11,13-14,16H2,1H3,(H,22,25). The molecule has 2 aromatic rings. The van der Waals surface area contributed by atoms with Gasteiger partial charge >= 0.3 is 0 Å². The molecule has 1 saturated heterocycles. The summed E-state index contributed by atoms with van der Waals surface area (Å²) in [5.41, 5.74) is 1.31. The van der Waals surface area contributed by atoms with Crippen LogP contribution in [0.3, 0.4) is 0 Å². The molecule has 1 atom stereocenters. The molecule has 3 rings (SSSR count). The average Bonchev–Trinajstić information content (AvgIpc) is 3.25. The molecule has 1 aliphatic heterocycles. The molecule has 0 bridgehead atoms. The number of carbonyl (C=O) groups is 1. The Morgan fingerprint density at radius 2 is 2.16 bits per heavy atom. The summed E-state index contributed by atoms with van der Waals surface area (Å²) >= 11 is 0. The van der Waals surface area contributed by atoms with Crippen LogP contribution in [0.5, 0.6) is 0 Å². The number of aryl methyl sites for hydroxylation is 2. The highest BCUT2D eigenvalue weighted by molar-refractivity contribution is 5.75. The lowest BCUT2D eigenvalue weighted by Gasteiger charge is -2.18. The van der Waals surface area contributed by atoms with Gasteiger partial charge in [0.05, 0.1) is 6.54 Å². The summed E-state index contributed by atoms with van der Waals surface area (Å²) < 4.78 is 2.12. The molecule has 1 aromatic heterocycles. The van der Waals surface area contributed by atoms with Crippen LogP contribution in [0, 0.1) is 0 Å². The maximum absolute atomic E-state index is 12.1. The predicted octanol–water partition coefficient (Wildman–Crippen LogP) is 2.62. The molecule has 1 fully saturated rings. The molecular formula is C20H28N4O. The lowest BCUT2D eigenvalue weighted by molar-refractivity contribution is -0.121. The van der Waals surface area contributed by atoms with Crippen LogP contribution in [-0.4, -0.2) is 40.0 Å². The largest absolute Gasteiger partial charge is 0.349 e. The Hall–Kier alpha value is -2.14. The Bertz CT molecular complexity index is 667. The Morgan fingerprint density at radius 3 is 2.92 bits per heavy atom. The summed E-state index contributed by atoms with van der Waals surface area (Å²) in [6.07, 6.45) is 8.77. The van der Waals surface area contributed by atoms with Gasteiger partial charge < -0.3 is 14.8 Å². The van der Waals surface area contributed by atoms with Crippen molar-refractivity contribution in [2.24, 2.45) is 0 Å². The number of nitrogens with zero attached hydrogens (tertiary/aromatic N) is 3. The van der Waals surface area contributed by atoms with Gasteiger partial charge in [-0.2, -0.15) is 0 Å². The number of carbonyl (C=O) groups excluding carboxylic acids is 1. The summed E-state index contributed by atoms with van der Waals surface area (Å²) in [6.45, 7) is 2.54. The van der Waals surface area contributed by atoms with E-state index in [9.17, 15) is 4.79 Å². The number of hydrogen-bond acceptors (Lipinski definition) is 3. The third-order valence-corrected chi connectivity index (χ3v) is 5.11. The van der Waals surface area contributed by atoms with Gasteiger partial charge in [0.2, 0.25) is 5.91 Å². The SMILES string of the molecule is CN1CCCC1CCC(=O)NCc1nccn1CCc1ccccc1. The highest BCUT2D eigenvalue weighted by Crippen LogP contribution is 2.18. The van der Waals surface area contributed by atoms with Crippen molar-refractivity contribution in [2.45, 2.75) is 51.2 Å². The van der Waals surface area contributed by atoms with Gasteiger partial charge in [-0.15, -0.1) is 0 Å². The van der Waals surface area contributed by atoms with Gasteiger partial charge in [-0.1, -0.05) is 30.3 Å². The first-order valence-electron chi connectivity index (χ1n) is 9.23.